The molecule has 0 bridgehead atoms. The van der Waals surface area contributed by atoms with Crippen molar-refractivity contribution in [1.82, 2.24) is 4.90 Å². The number of rotatable bonds is 8. The second-order valence-corrected chi connectivity index (χ2v) is 6.10. The van der Waals surface area contributed by atoms with Crippen LogP contribution in [0, 0.1) is 0 Å². The van der Waals surface area contributed by atoms with Gasteiger partial charge in [-0.1, -0.05) is 30.3 Å². The zero-order valence-corrected chi connectivity index (χ0v) is 15.4. The van der Waals surface area contributed by atoms with Crippen molar-refractivity contribution >= 4 is 23.2 Å². The van der Waals surface area contributed by atoms with Gasteiger partial charge >= 0.3 is 0 Å². The highest BCUT2D eigenvalue weighted by Crippen LogP contribution is 2.15. The maximum atomic E-state index is 12.5. The third kappa shape index (κ3) is 5.89. The highest BCUT2D eigenvalue weighted by atomic mass is 16.5. The molecule has 138 valence electrons. The monoisotopic (exact) mass is 355 g/mol. The van der Waals surface area contributed by atoms with Gasteiger partial charge in [0, 0.05) is 32.1 Å². The van der Waals surface area contributed by atoms with Crippen LogP contribution in [0.5, 0.6) is 0 Å². The van der Waals surface area contributed by atoms with Crippen LogP contribution in [0.3, 0.4) is 0 Å². The number of hydrogen-bond acceptors (Lipinski definition) is 4. The van der Waals surface area contributed by atoms with Crippen molar-refractivity contribution in [2.24, 2.45) is 0 Å². The fourth-order valence-electron chi connectivity index (χ4n) is 2.56. The van der Waals surface area contributed by atoms with E-state index in [-0.39, 0.29) is 24.5 Å². The predicted molar refractivity (Wildman–Crippen MR) is 103 cm³/mol. The zero-order chi connectivity index (χ0) is 18.9. The van der Waals surface area contributed by atoms with Crippen molar-refractivity contribution in [3.63, 3.8) is 0 Å². The number of nitrogens with zero attached hydrogens (tertiary/aromatic N) is 1. The molecule has 2 aromatic carbocycles. The molecular formula is C20H25N3O3. The summed E-state index contributed by atoms with van der Waals surface area (Å²) >= 11 is 0. The van der Waals surface area contributed by atoms with Gasteiger partial charge in [0.25, 0.3) is 0 Å². The second-order valence-electron chi connectivity index (χ2n) is 6.10. The first-order chi connectivity index (χ1) is 12.5. The minimum atomic E-state index is -0.363. The second kappa shape index (κ2) is 9.58. The minimum Gasteiger partial charge on any atom is -0.375 e. The van der Waals surface area contributed by atoms with Crippen LogP contribution in [0.1, 0.15) is 12.5 Å². The summed E-state index contributed by atoms with van der Waals surface area (Å²) in [7, 11) is 3.27. The summed E-state index contributed by atoms with van der Waals surface area (Å²) in [6, 6.07) is 16.7. The SMILES string of the molecule is COCC(=O)Nc1ccc(NC(C)C(=O)N(C)Cc2ccccc2)cc1. The van der Waals surface area contributed by atoms with Gasteiger partial charge in [0.2, 0.25) is 11.8 Å². The molecule has 0 heterocycles. The number of methoxy groups -OCH3 is 1. The number of amides is 2. The van der Waals surface area contributed by atoms with Gasteiger partial charge in [0.05, 0.1) is 0 Å². The standard InChI is InChI=1S/C20H25N3O3/c1-15(20(25)23(2)13-16-7-5-4-6-8-16)21-17-9-11-18(12-10-17)22-19(24)14-26-3/h4-12,15,21H,13-14H2,1-3H3,(H,22,24). The largest absolute Gasteiger partial charge is 0.375 e. The molecule has 2 aromatic rings. The molecule has 2 N–H and O–H groups in total. The molecule has 0 radical (unpaired) electrons. The summed E-state index contributed by atoms with van der Waals surface area (Å²) in [4.78, 5) is 25.7. The Labute approximate surface area is 154 Å². The Morgan fingerprint density at radius 3 is 2.27 bits per heavy atom. The summed E-state index contributed by atoms with van der Waals surface area (Å²) in [6.45, 7) is 2.41. The van der Waals surface area contributed by atoms with E-state index in [2.05, 4.69) is 10.6 Å². The van der Waals surface area contributed by atoms with Gasteiger partial charge in [-0.05, 0) is 36.8 Å². The van der Waals surface area contributed by atoms with Crippen molar-refractivity contribution in [2.45, 2.75) is 19.5 Å². The first-order valence-electron chi connectivity index (χ1n) is 8.44. The topological polar surface area (TPSA) is 70.7 Å². The van der Waals surface area contributed by atoms with E-state index in [9.17, 15) is 9.59 Å². The lowest BCUT2D eigenvalue weighted by atomic mass is 10.2. The van der Waals surface area contributed by atoms with Crippen molar-refractivity contribution in [1.29, 1.82) is 0 Å². The van der Waals surface area contributed by atoms with Crippen LogP contribution in [0.15, 0.2) is 54.6 Å². The summed E-state index contributed by atoms with van der Waals surface area (Å²) < 4.78 is 4.78. The Morgan fingerprint density at radius 2 is 1.65 bits per heavy atom. The van der Waals surface area contributed by atoms with E-state index >= 15 is 0 Å². The molecule has 6 nitrogen and oxygen atoms in total. The van der Waals surface area contributed by atoms with Crippen molar-refractivity contribution in [2.75, 3.05) is 31.4 Å². The molecule has 26 heavy (non-hydrogen) atoms. The van der Waals surface area contributed by atoms with Crippen LogP contribution < -0.4 is 10.6 Å². The van der Waals surface area contributed by atoms with Crippen LogP contribution in [0.25, 0.3) is 0 Å². The molecule has 2 rings (SSSR count). The molecule has 0 saturated heterocycles. The van der Waals surface area contributed by atoms with Gasteiger partial charge in [-0.15, -0.1) is 0 Å². The lowest BCUT2D eigenvalue weighted by Gasteiger charge is -2.23. The Morgan fingerprint density at radius 1 is 1.04 bits per heavy atom. The quantitative estimate of drug-likeness (QED) is 0.764. The molecule has 6 heteroatoms. The number of carbonyl (C=O) groups excluding carboxylic acids is 2. The summed E-state index contributed by atoms with van der Waals surface area (Å²) in [6.07, 6.45) is 0. The molecule has 0 aliphatic rings. The average molecular weight is 355 g/mol. The number of nitrogens with one attached hydrogen (secondary N) is 2. The summed E-state index contributed by atoms with van der Waals surface area (Å²) in [5, 5.41) is 5.91. The number of carbonyl (C=O) groups is 2. The van der Waals surface area contributed by atoms with Gasteiger partial charge in [0.15, 0.2) is 0 Å². The normalized spacial score (nSPS) is 11.5. The van der Waals surface area contributed by atoms with Crippen LogP contribution in [0.4, 0.5) is 11.4 Å². The number of likely N-dealkylation sites (N-methyl/N-ethyl adjacent to an activating group) is 1. The van der Waals surface area contributed by atoms with E-state index in [1.54, 1.807) is 24.1 Å². The van der Waals surface area contributed by atoms with E-state index in [4.69, 9.17) is 4.74 Å². The lowest BCUT2D eigenvalue weighted by molar-refractivity contribution is -0.130. The van der Waals surface area contributed by atoms with Gasteiger partial charge < -0.3 is 20.3 Å². The first kappa shape index (κ1) is 19.5. The molecule has 0 aromatic heterocycles. The van der Waals surface area contributed by atoms with Crippen LogP contribution in [-0.4, -0.2) is 43.5 Å². The average Bonchev–Trinajstić information content (AvgIpc) is 2.63. The molecule has 1 unspecified atom stereocenters. The molecular weight excluding hydrogens is 330 g/mol. The van der Waals surface area contributed by atoms with Gasteiger partial charge in [0.1, 0.15) is 12.6 Å². The maximum absolute atomic E-state index is 12.5. The van der Waals surface area contributed by atoms with E-state index in [1.807, 2.05) is 49.4 Å². The van der Waals surface area contributed by atoms with Gasteiger partial charge in [-0.3, -0.25) is 9.59 Å². The summed E-state index contributed by atoms with van der Waals surface area (Å²) in [5.41, 5.74) is 2.58. The number of anilines is 2. The molecule has 2 amide bonds. The molecule has 1 atom stereocenters. The third-order valence-electron chi connectivity index (χ3n) is 3.84. The molecule has 0 aliphatic heterocycles. The molecule has 0 saturated carbocycles. The van der Waals surface area contributed by atoms with Gasteiger partial charge in [-0.2, -0.15) is 0 Å². The highest BCUT2D eigenvalue weighted by Gasteiger charge is 2.17. The number of hydrogen-bond donors (Lipinski definition) is 2. The smallest absolute Gasteiger partial charge is 0.250 e. The lowest BCUT2D eigenvalue weighted by Crippen LogP contribution is -2.38. The summed E-state index contributed by atoms with van der Waals surface area (Å²) in [5.74, 6) is -0.203. The fraction of sp³-hybridized carbons (Fsp3) is 0.300. The van der Waals surface area contributed by atoms with E-state index < -0.39 is 0 Å². The Bertz CT molecular complexity index is 717. The molecule has 0 aliphatic carbocycles. The maximum Gasteiger partial charge on any atom is 0.250 e. The van der Waals surface area contributed by atoms with Gasteiger partial charge in [-0.25, -0.2) is 0 Å². The van der Waals surface area contributed by atoms with E-state index in [0.717, 1.165) is 11.3 Å². The molecule has 0 fully saturated rings. The van der Waals surface area contributed by atoms with Crippen LogP contribution >= 0.6 is 0 Å². The van der Waals surface area contributed by atoms with E-state index in [1.165, 1.54) is 7.11 Å². The highest BCUT2D eigenvalue weighted by molar-refractivity contribution is 5.92. The van der Waals surface area contributed by atoms with Crippen LogP contribution in [-0.2, 0) is 20.9 Å². The van der Waals surface area contributed by atoms with Crippen molar-refractivity contribution in [3.05, 3.63) is 60.2 Å². The minimum absolute atomic E-state index is 0.00586. The van der Waals surface area contributed by atoms with Crippen molar-refractivity contribution < 1.29 is 14.3 Å². The Balaban J connectivity index is 1.88. The zero-order valence-electron chi connectivity index (χ0n) is 15.4. The van der Waals surface area contributed by atoms with Crippen molar-refractivity contribution in [3.8, 4) is 0 Å². The number of ether oxygens (including phenoxy) is 1. The van der Waals surface area contributed by atoms with Crippen LogP contribution in [0.2, 0.25) is 0 Å². The molecule has 0 spiro atoms. The first-order valence-corrected chi connectivity index (χ1v) is 8.44. The fourth-order valence-corrected chi connectivity index (χ4v) is 2.56. The number of benzene rings is 2. The predicted octanol–water partition coefficient (Wildman–Crippen LogP) is 2.73. The Hall–Kier alpha value is -2.86. The van der Waals surface area contributed by atoms with E-state index in [0.29, 0.717) is 12.2 Å². The Kier molecular flexibility index (Phi) is 7.17. The third-order valence-corrected chi connectivity index (χ3v) is 3.84.